The number of halogens is 1. The fraction of sp³-hybridized carbons (Fsp3) is 0.154. The van der Waals surface area contributed by atoms with E-state index in [0.29, 0.717) is 5.56 Å². The van der Waals surface area contributed by atoms with E-state index in [2.05, 4.69) is 0 Å². The highest BCUT2D eigenvalue weighted by Crippen LogP contribution is 2.11. The molecule has 0 saturated carbocycles. The molecule has 0 spiro atoms. The van der Waals surface area contributed by atoms with Crippen LogP contribution in [0, 0.1) is 5.82 Å². The first-order chi connectivity index (χ1) is 8.70. The largest absolute Gasteiger partial charge is 0.482 e. The molecule has 0 amide bonds. The molecule has 0 bridgehead atoms. The highest BCUT2D eigenvalue weighted by molar-refractivity contribution is 5.20. The van der Waals surface area contributed by atoms with Crippen LogP contribution >= 0.6 is 0 Å². The first-order valence-electron chi connectivity index (χ1n) is 5.29. The van der Waals surface area contributed by atoms with E-state index in [1.165, 1.54) is 6.07 Å². The molecule has 0 saturated heterocycles. The van der Waals surface area contributed by atoms with Crippen LogP contribution < -0.4 is 10.2 Å². The Kier molecular flexibility index (Phi) is 3.74. The molecule has 4 nitrogen and oxygen atoms in total. The molecular formula is C13H11FO4. The third kappa shape index (κ3) is 2.75. The molecule has 0 radical (unpaired) electrons. The Hall–Kier alpha value is -2.14. The molecule has 0 aliphatic rings. The summed E-state index contributed by atoms with van der Waals surface area (Å²) in [6.07, 6.45) is 1.11. The Balaban J connectivity index is 2.11. The summed E-state index contributed by atoms with van der Waals surface area (Å²) in [5.74, 6) is -0.262. The van der Waals surface area contributed by atoms with Crippen LogP contribution in [0.1, 0.15) is 11.3 Å². The maximum atomic E-state index is 13.3. The van der Waals surface area contributed by atoms with Crippen molar-refractivity contribution in [3.63, 3.8) is 0 Å². The second kappa shape index (κ2) is 5.46. The molecule has 94 valence electrons. The lowest BCUT2D eigenvalue weighted by Gasteiger charge is -2.06. The lowest BCUT2D eigenvalue weighted by atomic mass is 10.2. The second-order valence-electron chi connectivity index (χ2n) is 3.61. The minimum Gasteiger partial charge on any atom is -0.482 e. The van der Waals surface area contributed by atoms with E-state index in [1.54, 1.807) is 18.2 Å². The number of rotatable bonds is 4. The quantitative estimate of drug-likeness (QED) is 0.899. The van der Waals surface area contributed by atoms with Crippen molar-refractivity contribution in [2.75, 3.05) is 0 Å². The zero-order chi connectivity index (χ0) is 13.0. The first-order valence-corrected chi connectivity index (χ1v) is 5.29. The summed E-state index contributed by atoms with van der Waals surface area (Å²) in [6.45, 7) is -0.418. The molecule has 1 heterocycles. The zero-order valence-corrected chi connectivity index (χ0v) is 9.43. The molecule has 0 aliphatic carbocycles. The van der Waals surface area contributed by atoms with E-state index >= 15 is 0 Å². The van der Waals surface area contributed by atoms with Crippen molar-refractivity contribution in [2.24, 2.45) is 0 Å². The van der Waals surface area contributed by atoms with Gasteiger partial charge in [-0.05, 0) is 6.07 Å². The van der Waals surface area contributed by atoms with Crippen LogP contribution in [-0.4, -0.2) is 5.11 Å². The van der Waals surface area contributed by atoms with Gasteiger partial charge in [0.05, 0.1) is 0 Å². The van der Waals surface area contributed by atoms with Gasteiger partial charge >= 0.3 is 0 Å². The smallest absolute Gasteiger partial charge is 0.227 e. The fourth-order valence-electron chi connectivity index (χ4n) is 1.40. The SMILES string of the molecule is O=c1cc(CO)occ1OCc1ccccc1F. The lowest BCUT2D eigenvalue weighted by molar-refractivity contribution is 0.235. The standard InChI is InChI=1S/C13H11FO4/c14-11-4-2-1-3-9(11)7-18-13-8-17-10(6-15)5-12(13)16/h1-5,8,15H,6-7H2. The molecule has 2 rings (SSSR count). The average Bonchev–Trinajstić information content (AvgIpc) is 2.39. The van der Waals surface area contributed by atoms with Gasteiger partial charge in [0.15, 0.2) is 0 Å². The van der Waals surface area contributed by atoms with E-state index in [4.69, 9.17) is 14.3 Å². The van der Waals surface area contributed by atoms with Gasteiger partial charge in [-0.3, -0.25) is 4.79 Å². The number of benzene rings is 1. The predicted molar refractivity (Wildman–Crippen MR) is 61.6 cm³/mol. The summed E-state index contributed by atoms with van der Waals surface area (Å²) in [7, 11) is 0. The summed E-state index contributed by atoms with van der Waals surface area (Å²) < 4.78 is 23.4. The zero-order valence-electron chi connectivity index (χ0n) is 9.43. The Labute approximate surface area is 102 Å². The molecule has 0 atom stereocenters. The molecule has 1 aromatic heterocycles. The Morgan fingerprint density at radius 1 is 1.33 bits per heavy atom. The van der Waals surface area contributed by atoms with Crippen LogP contribution in [0.15, 0.2) is 45.8 Å². The third-order valence-electron chi connectivity index (χ3n) is 2.35. The molecular weight excluding hydrogens is 239 g/mol. The molecule has 1 N–H and O–H groups in total. The van der Waals surface area contributed by atoms with Gasteiger partial charge in [0.25, 0.3) is 0 Å². The summed E-state index contributed by atoms with van der Waals surface area (Å²) in [4.78, 5) is 11.5. The molecule has 2 aromatic rings. The van der Waals surface area contributed by atoms with Crippen molar-refractivity contribution in [3.8, 4) is 5.75 Å². The predicted octanol–water partition coefficient (Wildman–Crippen LogP) is 1.85. The number of aliphatic hydroxyl groups is 1. The van der Waals surface area contributed by atoms with E-state index in [1.807, 2.05) is 0 Å². The van der Waals surface area contributed by atoms with Gasteiger partial charge in [-0.15, -0.1) is 0 Å². The lowest BCUT2D eigenvalue weighted by Crippen LogP contribution is -2.08. The van der Waals surface area contributed by atoms with Crippen LogP contribution in [0.3, 0.4) is 0 Å². The fourth-order valence-corrected chi connectivity index (χ4v) is 1.40. The molecule has 0 fully saturated rings. The van der Waals surface area contributed by atoms with Crippen molar-refractivity contribution < 1.29 is 18.7 Å². The van der Waals surface area contributed by atoms with Gasteiger partial charge in [0, 0.05) is 11.6 Å². The third-order valence-corrected chi connectivity index (χ3v) is 2.35. The van der Waals surface area contributed by atoms with Gasteiger partial charge < -0.3 is 14.3 Å². The van der Waals surface area contributed by atoms with E-state index in [9.17, 15) is 9.18 Å². The average molecular weight is 250 g/mol. The topological polar surface area (TPSA) is 59.7 Å². The van der Waals surface area contributed by atoms with Gasteiger partial charge in [0.2, 0.25) is 11.2 Å². The summed E-state index contributed by atoms with van der Waals surface area (Å²) in [6, 6.07) is 7.27. The first kappa shape index (κ1) is 12.3. The monoisotopic (exact) mass is 250 g/mol. The summed E-state index contributed by atoms with van der Waals surface area (Å²) in [5.41, 5.74) is -0.0650. The van der Waals surface area contributed by atoms with Crippen LogP contribution in [0.5, 0.6) is 5.75 Å². The highest BCUT2D eigenvalue weighted by Gasteiger charge is 2.06. The van der Waals surface area contributed by atoms with Gasteiger partial charge in [-0.2, -0.15) is 0 Å². The molecule has 18 heavy (non-hydrogen) atoms. The number of hydrogen-bond donors (Lipinski definition) is 1. The summed E-state index contributed by atoms with van der Waals surface area (Å²) >= 11 is 0. The normalized spacial score (nSPS) is 10.3. The highest BCUT2D eigenvalue weighted by atomic mass is 19.1. The second-order valence-corrected chi connectivity index (χ2v) is 3.61. The molecule has 5 heteroatoms. The summed E-state index contributed by atoms with van der Waals surface area (Å²) in [5, 5.41) is 8.77. The number of hydrogen-bond acceptors (Lipinski definition) is 4. The molecule has 0 aliphatic heterocycles. The van der Waals surface area contributed by atoms with Gasteiger partial charge in [0.1, 0.15) is 31.1 Å². The van der Waals surface area contributed by atoms with Crippen molar-refractivity contribution in [3.05, 3.63) is 64.0 Å². The van der Waals surface area contributed by atoms with Crippen molar-refractivity contribution in [1.29, 1.82) is 0 Å². The van der Waals surface area contributed by atoms with E-state index in [-0.39, 0.29) is 24.7 Å². The Morgan fingerprint density at radius 2 is 2.11 bits per heavy atom. The maximum Gasteiger partial charge on any atom is 0.227 e. The molecule has 0 unspecified atom stereocenters. The molecule has 1 aromatic carbocycles. The Morgan fingerprint density at radius 3 is 2.78 bits per heavy atom. The van der Waals surface area contributed by atoms with Crippen molar-refractivity contribution in [2.45, 2.75) is 13.2 Å². The number of aliphatic hydroxyl groups excluding tert-OH is 1. The van der Waals surface area contributed by atoms with Crippen LogP contribution in [0.25, 0.3) is 0 Å². The van der Waals surface area contributed by atoms with Crippen molar-refractivity contribution >= 4 is 0 Å². The number of ether oxygens (including phenoxy) is 1. The Bertz CT molecular complexity index is 592. The minimum atomic E-state index is -0.415. The van der Waals surface area contributed by atoms with Crippen LogP contribution in [-0.2, 0) is 13.2 Å². The van der Waals surface area contributed by atoms with Crippen LogP contribution in [0.2, 0.25) is 0 Å². The van der Waals surface area contributed by atoms with E-state index in [0.717, 1.165) is 12.3 Å². The van der Waals surface area contributed by atoms with Crippen LogP contribution in [0.4, 0.5) is 4.39 Å². The van der Waals surface area contributed by atoms with Crippen molar-refractivity contribution in [1.82, 2.24) is 0 Å². The van der Waals surface area contributed by atoms with E-state index < -0.39 is 11.2 Å². The minimum absolute atomic E-state index is 0.0181. The maximum absolute atomic E-state index is 13.3. The van der Waals surface area contributed by atoms with Gasteiger partial charge in [-0.25, -0.2) is 4.39 Å². The van der Waals surface area contributed by atoms with Gasteiger partial charge in [-0.1, -0.05) is 18.2 Å².